The molecule has 0 saturated carbocycles. The van der Waals surface area contributed by atoms with Gasteiger partial charge in [0.05, 0.1) is 12.2 Å². The van der Waals surface area contributed by atoms with Gasteiger partial charge in [-0.1, -0.05) is 121 Å². The van der Waals surface area contributed by atoms with Crippen LogP contribution in [0.1, 0.15) is 36.1 Å². The Kier molecular flexibility index (Phi) is 7.47. The molecule has 4 unspecified atom stereocenters. The van der Waals surface area contributed by atoms with Gasteiger partial charge in [0, 0.05) is 12.3 Å². The summed E-state index contributed by atoms with van der Waals surface area (Å²) in [5, 5.41) is 0. The summed E-state index contributed by atoms with van der Waals surface area (Å²) < 4.78 is 26.8. The first-order chi connectivity index (χ1) is 18.6. The van der Waals surface area contributed by atoms with Gasteiger partial charge in [0.15, 0.2) is 28.0 Å². The monoisotopic (exact) mass is 542 g/mol. The molecule has 0 aliphatic carbocycles. The highest BCUT2D eigenvalue weighted by Crippen LogP contribution is 2.64. The zero-order chi connectivity index (χ0) is 26.0. The van der Waals surface area contributed by atoms with Gasteiger partial charge in [-0.2, -0.15) is 0 Å². The van der Waals surface area contributed by atoms with Crippen LogP contribution in [0, 0.1) is 0 Å². The number of hydrogen-bond acceptors (Lipinski definition) is 4. The average Bonchev–Trinajstić information content (AvgIpc) is 3.51. The van der Waals surface area contributed by atoms with Crippen molar-refractivity contribution < 1.29 is 18.1 Å². The van der Waals surface area contributed by atoms with Gasteiger partial charge in [-0.15, -0.1) is 0 Å². The highest BCUT2D eigenvalue weighted by molar-refractivity contribution is 7.52. The largest absolute Gasteiger partial charge is 0.327 e. The Morgan fingerprint density at radius 3 is 1.00 bits per heavy atom. The van der Waals surface area contributed by atoms with E-state index >= 15 is 0 Å². The molecule has 0 bridgehead atoms. The molecular weight excluding hydrogens is 510 g/mol. The van der Waals surface area contributed by atoms with Crippen LogP contribution in [-0.4, -0.2) is 24.5 Å². The fourth-order valence-electron chi connectivity index (χ4n) is 5.60. The molecular formula is C32H32O4P2. The maximum absolute atomic E-state index is 6.88. The van der Waals surface area contributed by atoms with E-state index in [-0.39, 0.29) is 12.2 Å². The first-order valence-corrected chi connectivity index (χ1v) is 15.8. The molecule has 2 heterocycles. The molecule has 0 radical (unpaired) electrons. The molecule has 6 rings (SSSR count). The SMILES string of the molecule is CC1OP(CCP2OC(C)C(c3ccccc3)(c3ccccc3)O2)OC1(c1ccccc1)c1ccccc1. The van der Waals surface area contributed by atoms with Crippen LogP contribution in [-0.2, 0) is 29.3 Å². The fraction of sp³-hybridized carbons (Fsp3) is 0.250. The Morgan fingerprint density at radius 2 is 0.737 bits per heavy atom. The van der Waals surface area contributed by atoms with Crippen LogP contribution in [0.3, 0.4) is 0 Å². The number of hydrogen-bond donors (Lipinski definition) is 0. The molecule has 38 heavy (non-hydrogen) atoms. The van der Waals surface area contributed by atoms with E-state index in [0.717, 1.165) is 34.6 Å². The molecule has 0 N–H and O–H groups in total. The predicted molar refractivity (Wildman–Crippen MR) is 154 cm³/mol. The molecule has 194 valence electrons. The molecule has 2 saturated heterocycles. The first kappa shape index (κ1) is 25.8. The molecule has 2 fully saturated rings. The van der Waals surface area contributed by atoms with Crippen LogP contribution in [0.15, 0.2) is 121 Å². The zero-order valence-electron chi connectivity index (χ0n) is 21.6. The smallest absolute Gasteiger partial charge is 0.172 e. The van der Waals surface area contributed by atoms with Gasteiger partial charge >= 0.3 is 0 Å². The summed E-state index contributed by atoms with van der Waals surface area (Å²) >= 11 is 0. The molecule has 4 atom stereocenters. The molecule has 2 aliphatic rings. The summed E-state index contributed by atoms with van der Waals surface area (Å²) in [5.74, 6) is 0. The van der Waals surface area contributed by atoms with Crippen LogP contribution < -0.4 is 0 Å². The van der Waals surface area contributed by atoms with Crippen molar-refractivity contribution in [1.29, 1.82) is 0 Å². The second-order valence-electron chi connectivity index (χ2n) is 9.73. The van der Waals surface area contributed by atoms with E-state index in [1.54, 1.807) is 0 Å². The lowest BCUT2D eigenvalue weighted by Gasteiger charge is -2.32. The molecule has 4 aromatic carbocycles. The summed E-state index contributed by atoms with van der Waals surface area (Å²) in [6.45, 7) is 4.24. The lowest BCUT2D eigenvalue weighted by atomic mass is 9.82. The minimum Gasteiger partial charge on any atom is -0.327 e. The summed E-state index contributed by atoms with van der Waals surface area (Å²) in [7, 11) is -2.27. The molecule has 0 amide bonds. The van der Waals surface area contributed by atoms with Crippen LogP contribution in [0.25, 0.3) is 0 Å². The minimum absolute atomic E-state index is 0.122. The van der Waals surface area contributed by atoms with E-state index in [1.165, 1.54) is 0 Å². The van der Waals surface area contributed by atoms with E-state index in [0.29, 0.717) is 0 Å². The number of benzene rings is 4. The highest BCUT2D eigenvalue weighted by atomic mass is 31.2. The van der Waals surface area contributed by atoms with Crippen molar-refractivity contribution in [1.82, 2.24) is 0 Å². The Hall–Kier alpha value is -2.42. The van der Waals surface area contributed by atoms with Crippen molar-refractivity contribution in [3.05, 3.63) is 144 Å². The Labute approximate surface area is 227 Å². The van der Waals surface area contributed by atoms with Crippen molar-refractivity contribution in [3.8, 4) is 0 Å². The maximum atomic E-state index is 6.88. The summed E-state index contributed by atoms with van der Waals surface area (Å²) in [6.07, 6.45) is 1.25. The highest BCUT2D eigenvalue weighted by Gasteiger charge is 2.53. The van der Waals surface area contributed by atoms with E-state index < -0.39 is 28.0 Å². The Bertz CT molecular complexity index is 1140. The van der Waals surface area contributed by atoms with E-state index in [4.69, 9.17) is 18.1 Å². The van der Waals surface area contributed by atoms with Crippen LogP contribution >= 0.6 is 16.8 Å². The zero-order valence-corrected chi connectivity index (χ0v) is 23.4. The van der Waals surface area contributed by atoms with Crippen molar-refractivity contribution in [2.45, 2.75) is 37.3 Å². The number of rotatable bonds is 7. The normalized spacial score (nSPS) is 25.8. The summed E-state index contributed by atoms with van der Waals surface area (Å²) in [5.41, 5.74) is 3.19. The van der Waals surface area contributed by atoms with Crippen molar-refractivity contribution in [3.63, 3.8) is 0 Å². The van der Waals surface area contributed by atoms with Gasteiger partial charge < -0.3 is 18.1 Å². The van der Waals surface area contributed by atoms with Crippen molar-refractivity contribution >= 4 is 16.8 Å². The third kappa shape index (κ3) is 4.54. The van der Waals surface area contributed by atoms with Gasteiger partial charge in [0.1, 0.15) is 0 Å². The fourth-order valence-corrected chi connectivity index (χ4v) is 9.75. The van der Waals surface area contributed by atoms with Crippen LogP contribution in [0.5, 0.6) is 0 Å². The third-order valence-corrected chi connectivity index (χ3v) is 11.1. The van der Waals surface area contributed by atoms with Crippen LogP contribution in [0.2, 0.25) is 0 Å². The van der Waals surface area contributed by atoms with E-state index in [9.17, 15) is 0 Å². The molecule has 4 nitrogen and oxygen atoms in total. The molecule has 0 spiro atoms. The van der Waals surface area contributed by atoms with Gasteiger partial charge in [-0.3, -0.25) is 0 Å². The van der Waals surface area contributed by atoms with Gasteiger partial charge in [0.25, 0.3) is 0 Å². The maximum Gasteiger partial charge on any atom is 0.172 e. The van der Waals surface area contributed by atoms with Crippen molar-refractivity contribution in [2.75, 3.05) is 12.3 Å². The molecule has 6 heteroatoms. The Balaban J connectivity index is 1.23. The summed E-state index contributed by atoms with van der Waals surface area (Å²) in [4.78, 5) is 0. The van der Waals surface area contributed by atoms with E-state index in [2.05, 4.69) is 111 Å². The Morgan fingerprint density at radius 1 is 0.474 bits per heavy atom. The third-order valence-electron chi connectivity index (χ3n) is 7.46. The lowest BCUT2D eigenvalue weighted by Crippen LogP contribution is -2.36. The standard InChI is InChI=1S/C32H32O4P2/c1-25-31(27-15-7-3-8-16-27,28-17-9-4-10-18-28)35-37(33-25)23-24-38-34-26(2)32(36-38,29-19-11-5-12-20-29)30-21-13-6-14-22-30/h3-22,25-26H,23-24H2,1-2H3. The first-order valence-electron chi connectivity index (χ1n) is 13.1. The van der Waals surface area contributed by atoms with Gasteiger partial charge in [-0.05, 0) is 36.1 Å². The van der Waals surface area contributed by atoms with Crippen molar-refractivity contribution in [2.24, 2.45) is 0 Å². The second-order valence-corrected chi connectivity index (χ2v) is 12.7. The second kappa shape index (κ2) is 11.0. The van der Waals surface area contributed by atoms with Crippen LogP contribution in [0.4, 0.5) is 0 Å². The molecule has 2 aliphatic heterocycles. The quantitative estimate of drug-likeness (QED) is 0.220. The minimum atomic E-state index is -1.13. The topological polar surface area (TPSA) is 36.9 Å². The predicted octanol–water partition coefficient (Wildman–Crippen LogP) is 8.37. The average molecular weight is 543 g/mol. The molecule has 0 aromatic heterocycles. The summed E-state index contributed by atoms with van der Waals surface area (Å²) in [6, 6.07) is 41.7. The van der Waals surface area contributed by atoms with Gasteiger partial charge in [0.2, 0.25) is 0 Å². The van der Waals surface area contributed by atoms with E-state index in [1.807, 2.05) is 24.3 Å². The van der Waals surface area contributed by atoms with Gasteiger partial charge in [-0.25, -0.2) is 0 Å². The lowest BCUT2D eigenvalue weighted by molar-refractivity contribution is 0.0856. The molecule has 4 aromatic rings.